The minimum Gasteiger partial charge on any atom is -0.507 e. The minimum absolute atomic E-state index is 0. The third-order valence-electron chi connectivity index (χ3n) is 7.36. The number of hydrogen-bond acceptors (Lipinski definition) is 6. The number of para-hydroxylation sites is 2. The van der Waals surface area contributed by atoms with Crippen LogP contribution in [0.25, 0.3) is 11.0 Å². The number of phenolic OH excluding ortho intramolecular Hbond substituents is 1. The lowest BCUT2D eigenvalue weighted by Gasteiger charge is -2.28. The van der Waals surface area contributed by atoms with Crippen molar-refractivity contribution in [1.82, 2.24) is 9.13 Å². The zero-order valence-electron chi connectivity index (χ0n) is 26.5. The molecular formula is C34H44Cl2N4O4. The molecule has 0 amide bonds. The van der Waals surface area contributed by atoms with Crippen LogP contribution in [0.5, 0.6) is 5.75 Å². The van der Waals surface area contributed by atoms with Crippen molar-refractivity contribution in [3.05, 3.63) is 88.5 Å². The number of halogens is 2. The van der Waals surface area contributed by atoms with Gasteiger partial charge in [0.25, 0.3) is 0 Å². The molecule has 4 aromatic rings. The van der Waals surface area contributed by atoms with Crippen LogP contribution < -0.4 is 10.9 Å². The minimum atomic E-state index is -0.353. The summed E-state index contributed by atoms with van der Waals surface area (Å²) in [7, 11) is 0. The first-order valence-electron chi connectivity index (χ1n) is 14.3. The van der Waals surface area contributed by atoms with Crippen molar-refractivity contribution in [2.45, 2.75) is 72.4 Å². The van der Waals surface area contributed by atoms with Gasteiger partial charge in [0.2, 0.25) is 5.62 Å². The fourth-order valence-electron chi connectivity index (χ4n) is 5.09. The Morgan fingerprint density at radius 1 is 0.864 bits per heavy atom. The van der Waals surface area contributed by atoms with Crippen LogP contribution in [0.4, 0.5) is 5.69 Å². The number of nitrogens with one attached hydrogen (secondary N) is 2. The second-order valence-electron chi connectivity index (χ2n) is 12.7. The lowest BCUT2D eigenvalue weighted by Crippen LogP contribution is -2.28. The Morgan fingerprint density at radius 2 is 1.39 bits per heavy atom. The first-order chi connectivity index (χ1) is 19.7. The molecule has 0 aliphatic carbocycles. The van der Waals surface area contributed by atoms with Gasteiger partial charge in [-0.1, -0.05) is 65.8 Å². The number of phenols is 1. The number of fused-ring (bicyclic) bond motifs is 1. The topological polar surface area (TPSA) is 109 Å². The Bertz CT molecular complexity index is 1640. The van der Waals surface area contributed by atoms with Crippen molar-refractivity contribution in [2.75, 3.05) is 18.5 Å². The van der Waals surface area contributed by atoms with Crippen molar-refractivity contribution >= 4 is 53.3 Å². The highest BCUT2D eigenvalue weighted by atomic mass is 35.5. The molecule has 238 valence electrons. The Morgan fingerprint density at radius 3 is 1.89 bits per heavy atom. The molecule has 10 heteroatoms. The number of hydrogen-bond donors (Lipinski definition) is 3. The van der Waals surface area contributed by atoms with Gasteiger partial charge in [-0.3, -0.25) is 15.0 Å². The van der Waals surface area contributed by atoms with Crippen molar-refractivity contribution in [2.24, 2.45) is 0 Å². The lowest BCUT2D eigenvalue weighted by atomic mass is 9.78. The van der Waals surface area contributed by atoms with E-state index in [2.05, 4.69) is 5.32 Å². The molecule has 3 N–H and O–H groups in total. The predicted octanol–water partition coefficient (Wildman–Crippen LogP) is 6.97. The summed E-state index contributed by atoms with van der Waals surface area (Å²) in [4.78, 5) is 25.4. The maximum Gasteiger partial charge on any atom is 0.325 e. The SMILES string of the molecule is CCOC(=O)CNc1ccc(Cn2c(=N)n(CC(=O)c3cc(C(C)(C)C)c(O)c(C(C)(C)C)c3)c3ccccc32)cc1.Cl.Cl. The average molecular weight is 644 g/mol. The summed E-state index contributed by atoms with van der Waals surface area (Å²) in [5.41, 5.74) is 4.95. The summed E-state index contributed by atoms with van der Waals surface area (Å²) in [6, 6.07) is 19.0. The zero-order chi connectivity index (χ0) is 30.8. The van der Waals surface area contributed by atoms with E-state index in [9.17, 15) is 14.7 Å². The Kier molecular flexibility index (Phi) is 11.9. The van der Waals surface area contributed by atoms with Crippen LogP contribution in [0, 0.1) is 5.41 Å². The van der Waals surface area contributed by atoms with Crippen LogP contribution >= 0.6 is 24.8 Å². The number of aromatic nitrogens is 2. The van der Waals surface area contributed by atoms with E-state index in [0.29, 0.717) is 18.7 Å². The molecule has 0 fully saturated rings. The number of ether oxygens (including phenoxy) is 1. The molecule has 0 radical (unpaired) electrons. The molecule has 8 nitrogen and oxygen atoms in total. The number of imidazole rings is 1. The van der Waals surface area contributed by atoms with Crippen LogP contribution in [0.15, 0.2) is 60.7 Å². The molecule has 44 heavy (non-hydrogen) atoms. The van der Waals surface area contributed by atoms with Crippen LogP contribution in [0.2, 0.25) is 0 Å². The molecule has 3 aromatic carbocycles. The van der Waals surface area contributed by atoms with E-state index in [0.717, 1.165) is 33.4 Å². The van der Waals surface area contributed by atoms with Gasteiger partial charge in [-0.05, 0) is 59.7 Å². The molecule has 0 unspecified atom stereocenters. The van der Waals surface area contributed by atoms with E-state index in [1.165, 1.54) is 0 Å². The number of anilines is 1. The lowest BCUT2D eigenvalue weighted by molar-refractivity contribution is -0.140. The molecule has 1 heterocycles. The number of Topliss-reactive ketones (excluding diaryl/α,β-unsaturated/α-hetero) is 1. The van der Waals surface area contributed by atoms with Gasteiger partial charge < -0.3 is 24.3 Å². The molecule has 0 aliphatic heterocycles. The highest BCUT2D eigenvalue weighted by Crippen LogP contribution is 2.40. The Balaban J connectivity index is 0.00000337. The first kappa shape index (κ1) is 36.4. The number of esters is 1. The number of rotatable bonds is 9. The number of carbonyl (C=O) groups is 2. The van der Waals surface area contributed by atoms with E-state index in [1.807, 2.05) is 94.6 Å². The van der Waals surface area contributed by atoms with Gasteiger partial charge in [-0.2, -0.15) is 0 Å². The van der Waals surface area contributed by atoms with Gasteiger partial charge in [0.05, 0.1) is 30.7 Å². The third-order valence-corrected chi connectivity index (χ3v) is 7.36. The molecule has 0 aliphatic rings. The molecule has 0 spiro atoms. The molecule has 1 aromatic heterocycles. The average Bonchev–Trinajstić information content (AvgIpc) is 3.17. The number of carbonyl (C=O) groups excluding carboxylic acids is 2. The first-order valence-corrected chi connectivity index (χ1v) is 14.3. The number of ketones is 1. The number of aromatic hydroxyl groups is 1. The summed E-state index contributed by atoms with van der Waals surface area (Å²) < 4.78 is 8.60. The van der Waals surface area contributed by atoms with Gasteiger partial charge in [-0.15, -0.1) is 24.8 Å². The maximum absolute atomic E-state index is 13.8. The highest BCUT2D eigenvalue weighted by Gasteiger charge is 2.28. The van der Waals surface area contributed by atoms with Gasteiger partial charge in [0.1, 0.15) is 12.3 Å². The fraction of sp³-hybridized carbons (Fsp3) is 0.382. The second kappa shape index (κ2) is 14.4. The summed E-state index contributed by atoms with van der Waals surface area (Å²) >= 11 is 0. The molecule has 0 atom stereocenters. The van der Waals surface area contributed by atoms with Crippen LogP contribution in [-0.4, -0.2) is 39.1 Å². The third kappa shape index (κ3) is 8.04. The summed E-state index contributed by atoms with van der Waals surface area (Å²) in [6.45, 7) is 14.8. The molecule has 0 bridgehead atoms. The van der Waals surface area contributed by atoms with Gasteiger partial charge >= 0.3 is 5.97 Å². The summed E-state index contributed by atoms with van der Waals surface area (Å²) in [5.74, 6) is -0.196. The highest BCUT2D eigenvalue weighted by molar-refractivity contribution is 5.97. The molecule has 4 rings (SSSR count). The monoisotopic (exact) mass is 642 g/mol. The molecular weight excluding hydrogens is 599 g/mol. The largest absolute Gasteiger partial charge is 0.507 e. The van der Waals surface area contributed by atoms with Gasteiger partial charge in [0, 0.05) is 22.4 Å². The fourth-order valence-corrected chi connectivity index (χ4v) is 5.09. The zero-order valence-corrected chi connectivity index (χ0v) is 28.1. The maximum atomic E-state index is 13.8. The Labute approximate surface area is 271 Å². The van der Waals surface area contributed by atoms with E-state index >= 15 is 0 Å². The Hall–Kier alpha value is -3.75. The summed E-state index contributed by atoms with van der Waals surface area (Å²) in [6.07, 6.45) is 0. The smallest absolute Gasteiger partial charge is 0.325 e. The van der Waals surface area contributed by atoms with Crippen molar-refractivity contribution in [3.63, 3.8) is 0 Å². The van der Waals surface area contributed by atoms with Crippen LogP contribution in [0.3, 0.4) is 0 Å². The number of benzene rings is 3. The van der Waals surface area contributed by atoms with E-state index in [-0.39, 0.29) is 71.9 Å². The van der Waals surface area contributed by atoms with Crippen molar-refractivity contribution in [3.8, 4) is 5.75 Å². The van der Waals surface area contributed by atoms with E-state index in [4.69, 9.17) is 10.1 Å². The quantitative estimate of drug-likeness (QED) is 0.135. The predicted molar refractivity (Wildman–Crippen MR) is 181 cm³/mol. The standard InChI is InChI=1S/C34H42N4O4.2ClH/c1-8-42-30(40)19-36-24-15-13-22(14-16-24)20-37-27-11-9-10-12-28(27)38(32(37)35)21-29(39)23-17-25(33(2,3)4)31(41)26(18-23)34(5,6)7;;/h9-18,35-36,41H,8,19-21H2,1-7H3;2*1H. The molecule has 0 saturated heterocycles. The second-order valence-corrected chi connectivity index (χ2v) is 12.7. The summed E-state index contributed by atoms with van der Waals surface area (Å²) in [5, 5.41) is 23.2. The molecule has 0 saturated carbocycles. The van der Waals surface area contributed by atoms with Crippen LogP contribution in [-0.2, 0) is 33.5 Å². The van der Waals surface area contributed by atoms with E-state index < -0.39 is 0 Å². The van der Waals surface area contributed by atoms with E-state index in [1.54, 1.807) is 23.6 Å². The van der Waals surface area contributed by atoms with Gasteiger partial charge in [0.15, 0.2) is 5.78 Å². The van der Waals surface area contributed by atoms with Gasteiger partial charge in [-0.25, -0.2) is 0 Å². The normalized spacial score (nSPS) is 11.4. The van der Waals surface area contributed by atoms with Crippen LogP contribution in [0.1, 0.15) is 75.5 Å². The van der Waals surface area contributed by atoms with Crippen molar-refractivity contribution in [1.29, 1.82) is 5.41 Å². The number of nitrogens with zero attached hydrogens (tertiary/aromatic N) is 2. The van der Waals surface area contributed by atoms with Crippen molar-refractivity contribution < 1.29 is 19.4 Å².